The average Bonchev–Trinajstić information content (AvgIpc) is 3.17. The van der Waals surface area contributed by atoms with Crippen LogP contribution in [0.1, 0.15) is 84.3 Å². The lowest BCUT2D eigenvalue weighted by Gasteiger charge is -2.49. The second kappa shape index (κ2) is 7.46. The van der Waals surface area contributed by atoms with Gasteiger partial charge < -0.3 is 9.31 Å². The largest absolute Gasteiger partial charge is 0.494 e. The van der Waals surface area contributed by atoms with Crippen LogP contribution in [0.4, 0.5) is 0 Å². The zero-order chi connectivity index (χ0) is 23.1. The van der Waals surface area contributed by atoms with Crippen molar-refractivity contribution in [3.63, 3.8) is 0 Å². The first-order chi connectivity index (χ1) is 15.6. The summed E-state index contributed by atoms with van der Waals surface area (Å²) in [6, 6.07) is 16.2. The third kappa shape index (κ3) is 3.37. The van der Waals surface area contributed by atoms with Crippen molar-refractivity contribution in [3.8, 4) is 11.1 Å². The Morgan fingerprint density at radius 2 is 1.48 bits per heavy atom. The molecule has 2 bridgehead atoms. The first kappa shape index (κ1) is 21.9. The molecule has 6 atom stereocenters. The lowest BCUT2D eigenvalue weighted by atomic mass is 9.56. The van der Waals surface area contributed by atoms with E-state index < -0.39 is 0 Å². The van der Waals surface area contributed by atoms with Crippen molar-refractivity contribution in [1.82, 2.24) is 0 Å². The van der Waals surface area contributed by atoms with E-state index in [1.165, 1.54) is 47.8 Å². The van der Waals surface area contributed by atoms with Crippen molar-refractivity contribution < 1.29 is 9.31 Å². The Labute approximate surface area is 200 Å². The summed E-state index contributed by atoms with van der Waals surface area (Å²) in [6.45, 7) is 13.6. The molecule has 2 aromatic carbocycles. The summed E-state index contributed by atoms with van der Waals surface area (Å²) in [7, 11) is -0.299. The Bertz CT molecular complexity index is 1050. The van der Waals surface area contributed by atoms with E-state index in [9.17, 15) is 0 Å². The second-order valence-electron chi connectivity index (χ2n) is 12.7. The SMILES string of the molecule is CC1CC2CC(C)C(C3c4ccccc4-c4ccc(B5OC(C)(C)C(C)(C)O5)cc43)C(C1)C2. The van der Waals surface area contributed by atoms with Crippen molar-refractivity contribution >= 4 is 12.6 Å². The number of rotatable bonds is 2. The molecule has 0 N–H and O–H groups in total. The van der Waals surface area contributed by atoms with E-state index in [1.807, 2.05) is 0 Å². The van der Waals surface area contributed by atoms with E-state index in [0.717, 1.165) is 29.6 Å². The highest BCUT2D eigenvalue weighted by molar-refractivity contribution is 6.62. The van der Waals surface area contributed by atoms with Gasteiger partial charge in [-0.15, -0.1) is 0 Å². The van der Waals surface area contributed by atoms with Crippen LogP contribution >= 0.6 is 0 Å². The van der Waals surface area contributed by atoms with Crippen molar-refractivity contribution in [2.45, 2.75) is 84.3 Å². The first-order valence-corrected chi connectivity index (χ1v) is 13.2. The summed E-state index contributed by atoms with van der Waals surface area (Å²) in [4.78, 5) is 0. The molecule has 6 unspecified atom stereocenters. The fraction of sp³-hybridized carbons (Fsp3) is 0.600. The van der Waals surface area contributed by atoms with E-state index in [1.54, 1.807) is 5.56 Å². The van der Waals surface area contributed by atoms with E-state index in [-0.39, 0.29) is 18.3 Å². The minimum absolute atomic E-state index is 0.299. The Morgan fingerprint density at radius 1 is 0.788 bits per heavy atom. The van der Waals surface area contributed by atoms with Crippen LogP contribution in [0.25, 0.3) is 11.1 Å². The Morgan fingerprint density at radius 3 is 2.24 bits per heavy atom. The molecule has 3 fully saturated rings. The number of fused-ring (bicyclic) bond motifs is 5. The van der Waals surface area contributed by atoms with Gasteiger partial charge in [-0.25, -0.2) is 0 Å². The molecule has 3 heteroatoms. The van der Waals surface area contributed by atoms with Crippen LogP contribution in [0.2, 0.25) is 0 Å². The van der Waals surface area contributed by atoms with Crippen molar-refractivity contribution in [3.05, 3.63) is 53.6 Å². The zero-order valence-electron chi connectivity index (χ0n) is 21.2. The van der Waals surface area contributed by atoms with E-state index >= 15 is 0 Å². The van der Waals surface area contributed by atoms with Crippen LogP contribution in [0.5, 0.6) is 0 Å². The highest BCUT2D eigenvalue weighted by atomic mass is 16.7. The summed E-state index contributed by atoms with van der Waals surface area (Å²) in [5.74, 6) is 4.63. The van der Waals surface area contributed by atoms with Crippen LogP contribution in [-0.4, -0.2) is 18.3 Å². The van der Waals surface area contributed by atoms with Gasteiger partial charge in [-0.2, -0.15) is 0 Å². The van der Waals surface area contributed by atoms with Crippen LogP contribution in [-0.2, 0) is 9.31 Å². The van der Waals surface area contributed by atoms with E-state index in [0.29, 0.717) is 5.92 Å². The van der Waals surface area contributed by atoms with Crippen LogP contribution in [0.3, 0.4) is 0 Å². The van der Waals surface area contributed by atoms with Crippen LogP contribution in [0, 0.1) is 29.6 Å². The molecule has 3 aliphatic carbocycles. The maximum Gasteiger partial charge on any atom is 0.494 e. The fourth-order valence-electron chi connectivity index (χ4n) is 7.86. The molecule has 2 aromatic rings. The molecule has 4 aliphatic rings. The minimum atomic E-state index is -0.315. The summed E-state index contributed by atoms with van der Waals surface area (Å²) in [5, 5.41) is 0. The fourth-order valence-corrected chi connectivity index (χ4v) is 7.86. The van der Waals surface area contributed by atoms with Crippen molar-refractivity contribution in [1.29, 1.82) is 0 Å². The van der Waals surface area contributed by atoms with Crippen LogP contribution in [0.15, 0.2) is 42.5 Å². The average molecular weight is 442 g/mol. The first-order valence-electron chi connectivity index (χ1n) is 13.2. The van der Waals surface area contributed by atoms with Gasteiger partial charge in [0.05, 0.1) is 11.2 Å². The maximum atomic E-state index is 6.45. The van der Waals surface area contributed by atoms with E-state index in [2.05, 4.69) is 84.0 Å². The number of benzene rings is 2. The lowest BCUT2D eigenvalue weighted by molar-refractivity contribution is 0.00578. The van der Waals surface area contributed by atoms with Crippen molar-refractivity contribution in [2.75, 3.05) is 0 Å². The molecule has 1 aliphatic heterocycles. The Hall–Kier alpha value is -1.58. The monoisotopic (exact) mass is 442 g/mol. The molecule has 174 valence electrons. The molecule has 0 aromatic heterocycles. The summed E-state index contributed by atoms with van der Waals surface area (Å²) < 4.78 is 12.9. The van der Waals surface area contributed by atoms with Gasteiger partial charge in [0.2, 0.25) is 0 Å². The highest BCUT2D eigenvalue weighted by Gasteiger charge is 2.52. The van der Waals surface area contributed by atoms with Crippen LogP contribution < -0.4 is 5.46 Å². The topological polar surface area (TPSA) is 18.5 Å². The molecule has 33 heavy (non-hydrogen) atoms. The molecule has 0 radical (unpaired) electrons. The van der Waals surface area contributed by atoms with Gasteiger partial charge in [-0.1, -0.05) is 56.3 Å². The molecule has 1 saturated heterocycles. The standard InChI is InChI=1S/C30H39BO2/c1-18-13-20-15-19(2)27(21(14-18)16-20)28-25-10-8-7-9-23(25)24-12-11-22(17-26(24)28)31-32-29(3,4)30(5,6)33-31/h7-12,17-21,27-28H,13-16H2,1-6H3. The summed E-state index contributed by atoms with van der Waals surface area (Å²) in [5.41, 5.74) is 6.46. The molecule has 0 amide bonds. The zero-order valence-corrected chi connectivity index (χ0v) is 21.2. The lowest BCUT2D eigenvalue weighted by Crippen LogP contribution is -2.41. The predicted molar refractivity (Wildman–Crippen MR) is 137 cm³/mol. The predicted octanol–water partition coefficient (Wildman–Crippen LogP) is 6.81. The third-order valence-electron chi connectivity index (χ3n) is 9.89. The van der Waals surface area contributed by atoms with Gasteiger partial charge in [0.1, 0.15) is 0 Å². The molecule has 1 heterocycles. The van der Waals surface area contributed by atoms with Crippen molar-refractivity contribution in [2.24, 2.45) is 29.6 Å². The smallest absolute Gasteiger partial charge is 0.399 e. The Balaban J connectivity index is 1.43. The highest BCUT2D eigenvalue weighted by Crippen LogP contribution is 2.58. The molecular formula is C30H39BO2. The van der Waals surface area contributed by atoms with Gasteiger partial charge in [0.25, 0.3) is 0 Å². The molecular weight excluding hydrogens is 403 g/mol. The van der Waals surface area contributed by atoms with Gasteiger partial charge in [-0.3, -0.25) is 0 Å². The van der Waals surface area contributed by atoms with Gasteiger partial charge in [0, 0.05) is 5.92 Å². The summed E-state index contributed by atoms with van der Waals surface area (Å²) in [6.07, 6.45) is 5.68. The quantitative estimate of drug-likeness (QED) is 0.476. The van der Waals surface area contributed by atoms with E-state index in [4.69, 9.17) is 9.31 Å². The molecule has 6 rings (SSSR count). The third-order valence-corrected chi connectivity index (χ3v) is 9.89. The minimum Gasteiger partial charge on any atom is -0.399 e. The maximum absolute atomic E-state index is 6.45. The number of hydrogen-bond acceptors (Lipinski definition) is 2. The number of hydrogen-bond donors (Lipinski definition) is 0. The van der Waals surface area contributed by atoms with Gasteiger partial charge in [-0.05, 0) is 111 Å². The molecule has 2 nitrogen and oxygen atoms in total. The van der Waals surface area contributed by atoms with Gasteiger partial charge in [0.15, 0.2) is 0 Å². The normalized spacial score (nSPS) is 35.9. The molecule has 0 spiro atoms. The molecule has 2 saturated carbocycles. The Kier molecular flexibility index (Phi) is 4.96. The van der Waals surface area contributed by atoms with Gasteiger partial charge >= 0.3 is 7.12 Å². The summed E-state index contributed by atoms with van der Waals surface area (Å²) >= 11 is 0. The second-order valence-corrected chi connectivity index (χ2v) is 12.7.